The Kier molecular flexibility index (Phi) is 4.87. The fourth-order valence-corrected chi connectivity index (χ4v) is 2.42. The number of rotatable bonds is 7. The number of benzene rings is 1. The fraction of sp³-hybridized carbons (Fsp3) is 0.571. The topological polar surface area (TPSA) is 38.5 Å². The van der Waals surface area contributed by atoms with E-state index in [0.29, 0.717) is 17.7 Å². The van der Waals surface area contributed by atoms with Gasteiger partial charge in [-0.05, 0) is 44.0 Å². The van der Waals surface area contributed by atoms with E-state index in [1.807, 2.05) is 24.3 Å². The van der Waals surface area contributed by atoms with Gasteiger partial charge in [0.15, 0.2) is 0 Å². The second-order valence-electron chi connectivity index (χ2n) is 4.93. The Morgan fingerprint density at radius 3 is 2.89 bits per heavy atom. The SMILES string of the molecule is CN(CCOc1cccc(Cl)c1)C(CN)C1CC1. The molecule has 1 aliphatic rings. The highest BCUT2D eigenvalue weighted by Crippen LogP contribution is 2.34. The molecule has 1 saturated carbocycles. The fourth-order valence-electron chi connectivity index (χ4n) is 2.24. The summed E-state index contributed by atoms with van der Waals surface area (Å²) in [6, 6.07) is 8.01. The summed E-state index contributed by atoms with van der Waals surface area (Å²) in [5.74, 6) is 1.62. The van der Waals surface area contributed by atoms with Crippen molar-refractivity contribution in [2.24, 2.45) is 11.7 Å². The van der Waals surface area contributed by atoms with Gasteiger partial charge >= 0.3 is 0 Å². The van der Waals surface area contributed by atoms with Crippen LogP contribution in [0.2, 0.25) is 5.02 Å². The molecule has 1 aromatic rings. The number of hydrogen-bond acceptors (Lipinski definition) is 3. The Morgan fingerprint density at radius 1 is 1.50 bits per heavy atom. The average Bonchev–Trinajstić information content (AvgIpc) is 3.14. The molecule has 2 N–H and O–H groups in total. The number of nitrogens with zero attached hydrogens (tertiary/aromatic N) is 1. The molecule has 18 heavy (non-hydrogen) atoms. The molecule has 0 heterocycles. The largest absolute Gasteiger partial charge is 0.492 e. The lowest BCUT2D eigenvalue weighted by Gasteiger charge is -2.26. The minimum Gasteiger partial charge on any atom is -0.492 e. The van der Waals surface area contributed by atoms with E-state index < -0.39 is 0 Å². The molecule has 0 spiro atoms. The molecule has 2 rings (SSSR count). The predicted octanol–water partition coefficient (Wildman–Crippen LogP) is 2.39. The number of likely N-dealkylation sites (N-methyl/N-ethyl adjacent to an activating group) is 1. The molecule has 1 atom stereocenters. The van der Waals surface area contributed by atoms with E-state index in [9.17, 15) is 0 Å². The standard InChI is InChI=1S/C14H21ClN2O/c1-17(14(10-16)11-5-6-11)7-8-18-13-4-2-3-12(15)9-13/h2-4,9,11,14H,5-8,10,16H2,1H3. The quantitative estimate of drug-likeness (QED) is 0.825. The van der Waals surface area contributed by atoms with Gasteiger partial charge < -0.3 is 10.5 Å². The Labute approximate surface area is 114 Å². The van der Waals surface area contributed by atoms with E-state index in [2.05, 4.69) is 11.9 Å². The van der Waals surface area contributed by atoms with Gasteiger partial charge in [-0.15, -0.1) is 0 Å². The molecule has 1 unspecified atom stereocenters. The van der Waals surface area contributed by atoms with Crippen molar-refractivity contribution in [2.75, 3.05) is 26.7 Å². The lowest BCUT2D eigenvalue weighted by molar-refractivity contribution is 0.180. The lowest BCUT2D eigenvalue weighted by atomic mass is 10.1. The van der Waals surface area contributed by atoms with Crippen molar-refractivity contribution in [3.63, 3.8) is 0 Å². The summed E-state index contributed by atoms with van der Waals surface area (Å²) in [7, 11) is 2.12. The first-order valence-corrected chi connectivity index (χ1v) is 6.87. The van der Waals surface area contributed by atoms with Gasteiger partial charge in [-0.3, -0.25) is 4.90 Å². The normalized spacial score (nSPS) is 16.9. The molecule has 1 fully saturated rings. The summed E-state index contributed by atoms with van der Waals surface area (Å²) in [4.78, 5) is 2.31. The van der Waals surface area contributed by atoms with Crippen molar-refractivity contribution in [3.8, 4) is 5.75 Å². The van der Waals surface area contributed by atoms with Crippen LogP contribution in [0.1, 0.15) is 12.8 Å². The summed E-state index contributed by atoms with van der Waals surface area (Å²) in [5, 5.41) is 0.707. The van der Waals surface area contributed by atoms with Crippen molar-refractivity contribution in [1.82, 2.24) is 4.90 Å². The Morgan fingerprint density at radius 2 is 2.28 bits per heavy atom. The van der Waals surface area contributed by atoms with E-state index in [0.717, 1.165) is 24.8 Å². The summed E-state index contributed by atoms with van der Waals surface area (Å²) in [6.45, 7) is 2.29. The zero-order valence-corrected chi connectivity index (χ0v) is 11.6. The smallest absolute Gasteiger partial charge is 0.120 e. The number of ether oxygens (including phenoxy) is 1. The molecule has 3 nitrogen and oxygen atoms in total. The first kappa shape index (κ1) is 13.7. The monoisotopic (exact) mass is 268 g/mol. The van der Waals surface area contributed by atoms with Gasteiger partial charge in [-0.2, -0.15) is 0 Å². The Balaban J connectivity index is 1.74. The van der Waals surface area contributed by atoms with Crippen LogP contribution in [0.4, 0.5) is 0 Å². The minimum atomic E-state index is 0.507. The van der Waals surface area contributed by atoms with E-state index in [4.69, 9.17) is 22.1 Å². The molecule has 0 aliphatic heterocycles. The van der Waals surface area contributed by atoms with Crippen LogP contribution in [0.5, 0.6) is 5.75 Å². The molecule has 0 amide bonds. The van der Waals surface area contributed by atoms with Crippen LogP contribution in [-0.4, -0.2) is 37.7 Å². The van der Waals surface area contributed by atoms with Crippen LogP contribution in [0, 0.1) is 5.92 Å². The van der Waals surface area contributed by atoms with Gasteiger partial charge in [0.05, 0.1) is 0 Å². The molecule has 100 valence electrons. The van der Waals surface area contributed by atoms with Gasteiger partial charge in [0.1, 0.15) is 12.4 Å². The van der Waals surface area contributed by atoms with Crippen LogP contribution < -0.4 is 10.5 Å². The number of halogens is 1. The summed E-state index contributed by atoms with van der Waals surface area (Å²) in [5.41, 5.74) is 5.82. The molecule has 0 radical (unpaired) electrons. The van der Waals surface area contributed by atoms with E-state index in [-0.39, 0.29) is 0 Å². The number of hydrogen-bond donors (Lipinski definition) is 1. The highest BCUT2D eigenvalue weighted by Gasteiger charge is 2.32. The van der Waals surface area contributed by atoms with Crippen molar-refractivity contribution < 1.29 is 4.74 Å². The van der Waals surface area contributed by atoms with Gasteiger partial charge in [-0.1, -0.05) is 17.7 Å². The maximum Gasteiger partial charge on any atom is 0.120 e. The zero-order valence-electron chi connectivity index (χ0n) is 10.8. The highest BCUT2D eigenvalue weighted by atomic mass is 35.5. The summed E-state index contributed by atoms with van der Waals surface area (Å²) < 4.78 is 5.69. The molecule has 1 aliphatic carbocycles. The van der Waals surface area contributed by atoms with Crippen LogP contribution >= 0.6 is 11.6 Å². The van der Waals surface area contributed by atoms with Crippen LogP contribution in [0.3, 0.4) is 0 Å². The Bertz CT molecular complexity index is 382. The second kappa shape index (κ2) is 6.41. The maximum absolute atomic E-state index is 5.90. The molecular weight excluding hydrogens is 248 g/mol. The summed E-state index contributed by atoms with van der Waals surface area (Å²) >= 11 is 5.90. The lowest BCUT2D eigenvalue weighted by Crippen LogP contribution is -2.41. The predicted molar refractivity (Wildman–Crippen MR) is 75.1 cm³/mol. The van der Waals surface area contributed by atoms with Crippen LogP contribution in [0.25, 0.3) is 0 Å². The van der Waals surface area contributed by atoms with Crippen molar-refractivity contribution >= 4 is 11.6 Å². The Hall–Kier alpha value is -0.770. The third-order valence-electron chi connectivity index (χ3n) is 3.48. The molecule has 4 heteroatoms. The van der Waals surface area contributed by atoms with Crippen molar-refractivity contribution in [1.29, 1.82) is 0 Å². The van der Waals surface area contributed by atoms with Crippen molar-refractivity contribution in [3.05, 3.63) is 29.3 Å². The third-order valence-corrected chi connectivity index (χ3v) is 3.72. The van der Waals surface area contributed by atoms with Gasteiger partial charge in [0.2, 0.25) is 0 Å². The second-order valence-corrected chi connectivity index (χ2v) is 5.36. The van der Waals surface area contributed by atoms with Gasteiger partial charge in [0, 0.05) is 24.2 Å². The van der Waals surface area contributed by atoms with Crippen LogP contribution in [-0.2, 0) is 0 Å². The van der Waals surface area contributed by atoms with E-state index in [1.54, 1.807) is 0 Å². The van der Waals surface area contributed by atoms with Gasteiger partial charge in [-0.25, -0.2) is 0 Å². The molecule has 0 aromatic heterocycles. The number of nitrogens with two attached hydrogens (primary N) is 1. The molecule has 0 bridgehead atoms. The average molecular weight is 269 g/mol. The minimum absolute atomic E-state index is 0.507. The van der Waals surface area contributed by atoms with E-state index in [1.165, 1.54) is 12.8 Å². The first-order chi connectivity index (χ1) is 8.70. The molecule has 0 saturated heterocycles. The van der Waals surface area contributed by atoms with E-state index >= 15 is 0 Å². The van der Waals surface area contributed by atoms with Crippen molar-refractivity contribution in [2.45, 2.75) is 18.9 Å². The molecular formula is C14H21ClN2O. The summed E-state index contributed by atoms with van der Waals surface area (Å²) in [6.07, 6.45) is 2.64. The third kappa shape index (κ3) is 3.87. The van der Waals surface area contributed by atoms with Gasteiger partial charge in [0.25, 0.3) is 0 Å². The zero-order chi connectivity index (χ0) is 13.0. The molecule has 1 aromatic carbocycles. The maximum atomic E-state index is 5.90. The first-order valence-electron chi connectivity index (χ1n) is 6.49. The highest BCUT2D eigenvalue weighted by molar-refractivity contribution is 6.30. The van der Waals surface area contributed by atoms with Crippen LogP contribution in [0.15, 0.2) is 24.3 Å².